The number of carbonyl (C=O) groups is 1. The number of para-hydroxylation sites is 1. The molecule has 5 heteroatoms. The van der Waals surface area contributed by atoms with Crippen LogP contribution in [0.3, 0.4) is 0 Å². The Bertz CT molecular complexity index is 891. The highest BCUT2D eigenvalue weighted by Gasteiger charge is 2.24. The highest BCUT2D eigenvalue weighted by atomic mass is 16.2. The summed E-state index contributed by atoms with van der Waals surface area (Å²) in [6.07, 6.45) is 5.79. The van der Waals surface area contributed by atoms with Crippen LogP contribution in [0.1, 0.15) is 23.5 Å². The Morgan fingerprint density at radius 3 is 2.61 bits per heavy atom. The molecule has 2 aromatic carbocycles. The first-order valence-electron chi connectivity index (χ1n) is 9.91. The van der Waals surface area contributed by atoms with Gasteiger partial charge in [0.25, 0.3) is 0 Å². The predicted octanol–water partition coefficient (Wildman–Crippen LogP) is 3.02. The lowest BCUT2D eigenvalue weighted by atomic mass is 9.99. The van der Waals surface area contributed by atoms with Crippen molar-refractivity contribution in [3.63, 3.8) is 0 Å². The van der Waals surface area contributed by atoms with Crippen molar-refractivity contribution in [2.24, 2.45) is 0 Å². The smallest absolute Gasteiger partial charge is 0.234 e. The van der Waals surface area contributed by atoms with Crippen LogP contribution in [-0.2, 0) is 11.2 Å². The molecule has 0 aliphatic carbocycles. The van der Waals surface area contributed by atoms with Crippen LogP contribution in [-0.4, -0.2) is 46.8 Å². The van der Waals surface area contributed by atoms with Crippen LogP contribution < -0.4 is 5.32 Å². The Kier molecular flexibility index (Phi) is 5.83. The second-order valence-corrected chi connectivity index (χ2v) is 7.36. The Labute approximate surface area is 166 Å². The van der Waals surface area contributed by atoms with Crippen molar-refractivity contribution >= 4 is 5.91 Å². The molecule has 1 amide bonds. The topological polar surface area (TPSA) is 50.2 Å². The van der Waals surface area contributed by atoms with Gasteiger partial charge in [0.2, 0.25) is 5.91 Å². The minimum atomic E-state index is 0.101. The van der Waals surface area contributed by atoms with Gasteiger partial charge in [-0.05, 0) is 48.6 Å². The summed E-state index contributed by atoms with van der Waals surface area (Å²) in [5.74, 6) is 0.641. The number of rotatable bonds is 7. The lowest BCUT2D eigenvalue weighted by molar-refractivity contribution is -0.121. The second kappa shape index (κ2) is 8.85. The fourth-order valence-electron chi connectivity index (χ4n) is 3.79. The summed E-state index contributed by atoms with van der Waals surface area (Å²) in [6.45, 7) is 3.06. The van der Waals surface area contributed by atoms with Crippen molar-refractivity contribution in [2.45, 2.75) is 18.8 Å². The first-order chi connectivity index (χ1) is 13.8. The number of hydrogen-bond donors (Lipinski definition) is 1. The maximum Gasteiger partial charge on any atom is 0.234 e. The lowest BCUT2D eigenvalue weighted by Crippen LogP contribution is -2.36. The molecular weight excluding hydrogens is 348 g/mol. The Morgan fingerprint density at radius 2 is 1.82 bits per heavy atom. The van der Waals surface area contributed by atoms with Gasteiger partial charge >= 0.3 is 0 Å². The molecule has 0 unspecified atom stereocenters. The zero-order chi connectivity index (χ0) is 19.2. The first kappa shape index (κ1) is 18.4. The molecule has 1 N–H and O–H groups in total. The Morgan fingerprint density at radius 1 is 1.07 bits per heavy atom. The molecule has 1 saturated heterocycles. The van der Waals surface area contributed by atoms with Gasteiger partial charge in [0.05, 0.1) is 18.4 Å². The van der Waals surface area contributed by atoms with E-state index in [1.807, 2.05) is 53.5 Å². The summed E-state index contributed by atoms with van der Waals surface area (Å²) in [7, 11) is 0. The third-order valence-corrected chi connectivity index (χ3v) is 5.30. The molecule has 4 rings (SSSR count). The number of aromatic nitrogens is 2. The van der Waals surface area contributed by atoms with E-state index in [-0.39, 0.29) is 5.91 Å². The minimum Gasteiger partial charge on any atom is -0.355 e. The molecule has 0 radical (unpaired) electrons. The van der Waals surface area contributed by atoms with E-state index in [1.54, 1.807) is 0 Å². The number of carbonyl (C=O) groups excluding carboxylic acids is 1. The SMILES string of the molecule is O=C(CN1CC[C@@H](c2ccccc2)C1)NCCc1cnn(-c2ccccc2)c1. The second-order valence-electron chi connectivity index (χ2n) is 7.36. The zero-order valence-electron chi connectivity index (χ0n) is 16.0. The molecule has 1 aromatic heterocycles. The Balaban J connectivity index is 1.20. The fraction of sp³-hybridized carbons (Fsp3) is 0.304. The van der Waals surface area contributed by atoms with Crippen molar-refractivity contribution in [1.82, 2.24) is 20.0 Å². The van der Waals surface area contributed by atoms with E-state index in [0.29, 0.717) is 19.0 Å². The quantitative estimate of drug-likeness (QED) is 0.692. The van der Waals surface area contributed by atoms with Crippen molar-refractivity contribution in [3.8, 4) is 5.69 Å². The largest absolute Gasteiger partial charge is 0.355 e. The Hall–Kier alpha value is -2.92. The standard InChI is InChI=1S/C23H26N4O/c28-23(18-26-14-12-21(17-26)20-7-3-1-4-8-20)24-13-11-19-15-25-27(16-19)22-9-5-2-6-10-22/h1-10,15-16,21H,11-14,17-18H2,(H,24,28)/t21-/m1/s1. The number of nitrogens with one attached hydrogen (secondary N) is 1. The van der Waals surface area contributed by atoms with Crippen LogP contribution in [0.2, 0.25) is 0 Å². The summed E-state index contributed by atoms with van der Waals surface area (Å²) in [5.41, 5.74) is 3.54. The third-order valence-electron chi connectivity index (χ3n) is 5.30. The van der Waals surface area contributed by atoms with Crippen LogP contribution in [0.15, 0.2) is 73.1 Å². The van der Waals surface area contributed by atoms with Gasteiger partial charge in [-0.3, -0.25) is 9.69 Å². The monoisotopic (exact) mass is 374 g/mol. The number of amides is 1. The van der Waals surface area contributed by atoms with Crippen LogP contribution >= 0.6 is 0 Å². The van der Waals surface area contributed by atoms with Gasteiger partial charge in [0.15, 0.2) is 0 Å². The lowest BCUT2D eigenvalue weighted by Gasteiger charge is -2.15. The fourth-order valence-corrected chi connectivity index (χ4v) is 3.79. The van der Waals surface area contributed by atoms with Crippen LogP contribution in [0.5, 0.6) is 0 Å². The molecular formula is C23H26N4O. The first-order valence-corrected chi connectivity index (χ1v) is 9.91. The molecule has 2 heterocycles. The van der Waals surface area contributed by atoms with Gasteiger partial charge in [-0.2, -0.15) is 5.10 Å². The average Bonchev–Trinajstić information content (AvgIpc) is 3.39. The van der Waals surface area contributed by atoms with Crippen LogP contribution in [0.25, 0.3) is 5.69 Å². The summed E-state index contributed by atoms with van der Waals surface area (Å²) in [5, 5.41) is 7.44. The number of likely N-dealkylation sites (tertiary alicyclic amines) is 1. The molecule has 1 aliphatic heterocycles. The van der Waals surface area contributed by atoms with E-state index >= 15 is 0 Å². The van der Waals surface area contributed by atoms with Gasteiger partial charge in [-0.25, -0.2) is 4.68 Å². The van der Waals surface area contributed by atoms with Crippen molar-refractivity contribution < 1.29 is 4.79 Å². The molecule has 0 spiro atoms. The molecule has 5 nitrogen and oxygen atoms in total. The summed E-state index contributed by atoms with van der Waals surface area (Å²) >= 11 is 0. The van der Waals surface area contributed by atoms with Gasteiger partial charge < -0.3 is 5.32 Å². The molecule has 3 aromatic rings. The van der Waals surface area contributed by atoms with Crippen molar-refractivity contribution in [2.75, 3.05) is 26.2 Å². The molecule has 144 valence electrons. The molecule has 0 bridgehead atoms. The predicted molar refractivity (Wildman–Crippen MR) is 111 cm³/mol. The normalized spacial score (nSPS) is 16.9. The highest BCUT2D eigenvalue weighted by Crippen LogP contribution is 2.26. The maximum atomic E-state index is 12.3. The van der Waals surface area contributed by atoms with Gasteiger partial charge in [0, 0.05) is 19.3 Å². The van der Waals surface area contributed by atoms with E-state index in [1.165, 1.54) is 5.56 Å². The minimum absolute atomic E-state index is 0.101. The molecule has 28 heavy (non-hydrogen) atoms. The van der Waals surface area contributed by atoms with E-state index in [4.69, 9.17) is 0 Å². The van der Waals surface area contributed by atoms with Crippen molar-refractivity contribution in [1.29, 1.82) is 0 Å². The number of benzene rings is 2. The zero-order valence-corrected chi connectivity index (χ0v) is 16.0. The average molecular weight is 374 g/mol. The molecule has 1 atom stereocenters. The van der Waals surface area contributed by atoms with E-state index in [9.17, 15) is 4.79 Å². The summed E-state index contributed by atoms with van der Waals surface area (Å²) in [6, 6.07) is 20.6. The van der Waals surface area contributed by atoms with Gasteiger partial charge in [-0.1, -0.05) is 48.5 Å². The summed E-state index contributed by atoms with van der Waals surface area (Å²) < 4.78 is 1.87. The van der Waals surface area contributed by atoms with E-state index < -0.39 is 0 Å². The van der Waals surface area contributed by atoms with Crippen molar-refractivity contribution in [3.05, 3.63) is 84.2 Å². The van der Waals surface area contributed by atoms with E-state index in [0.717, 1.165) is 37.2 Å². The third kappa shape index (κ3) is 4.67. The number of nitrogens with zero attached hydrogens (tertiary/aromatic N) is 3. The molecule has 1 aliphatic rings. The van der Waals surface area contributed by atoms with Crippen LogP contribution in [0, 0.1) is 0 Å². The van der Waals surface area contributed by atoms with E-state index in [2.05, 4.69) is 39.6 Å². The van der Waals surface area contributed by atoms with Crippen LogP contribution in [0.4, 0.5) is 0 Å². The molecule has 1 fully saturated rings. The summed E-state index contributed by atoms with van der Waals surface area (Å²) in [4.78, 5) is 14.5. The highest BCUT2D eigenvalue weighted by molar-refractivity contribution is 5.78. The van der Waals surface area contributed by atoms with Gasteiger partial charge in [-0.15, -0.1) is 0 Å². The number of hydrogen-bond acceptors (Lipinski definition) is 3. The molecule has 0 saturated carbocycles. The van der Waals surface area contributed by atoms with Gasteiger partial charge in [0.1, 0.15) is 0 Å². The maximum absolute atomic E-state index is 12.3.